The summed E-state index contributed by atoms with van der Waals surface area (Å²) in [5.74, 6) is 0.966. The van der Waals surface area contributed by atoms with Gasteiger partial charge in [-0.1, -0.05) is 30.3 Å². The second kappa shape index (κ2) is 9.65. The van der Waals surface area contributed by atoms with Crippen LogP contribution in [-0.4, -0.2) is 49.9 Å². The Balaban J connectivity index is 2.14. The van der Waals surface area contributed by atoms with Gasteiger partial charge in [0.2, 0.25) is 0 Å². The molecule has 0 radical (unpaired) electrons. The third-order valence-electron chi connectivity index (χ3n) is 5.41. The van der Waals surface area contributed by atoms with E-state index in [1.807, 2.05) is 49.4 Å². The summed E-state index contributed by atoms with van der Waals surface area (Å²) < 4.78 is 17.2. The van der Waals surface area contributed by atoms with E-state index in [0.29, 0.717) is 31.1 Å². The highest BCUT2D eigenvalue weighted by molar-refractivity contribution is 5.70. The Morgan fingerprint density at radius 1 is 1.10 bits per heavy atom. The van der Waals surface area contributed by atoms with Crippen LogP contribution in [0.2, 0.25) is 0 Å². The fourth-order valence-corrected chi connectivity index (χ4v) is 4.12. The minimum absolute atomic E-state index is 0.204. The highest BCUT2D eigenvalue weighted by atomic mass is 16.5. The standard InChI is InChI=1S/C23H29NO5/c1-4-29-19-12-6-5-10-17(19)21(24-14-8-9-16(15-24)23(25)26)18-11-7-13-20(27-2)22(18)28-3/h5-7,10-13,16,21H,4,8-9,14-15H2,1-3H3,(H,25,26). The highest BCUT2D eigenvalue weighted by Gasteiger charge is 2.34. The number of carbonyl (C=O) groups is 1. The summed E-state index contributed by atoms with van der Waals surface area (Å²) in [7, 11) is 3.25. The van der Waals surface area contributed by atoms with Crippen molar-refractivity contribution in [1.82, 2.24) is 4.90 Å². The summed E-state index contributed by atoms with van der Waals surface area (Å²) >= 11 is 0. The van der Waals surface area contributed by atoms with Crippen LogP contribution >= 0.6 is 0 Å². The zero-order chi connectivity index (χ0) is 20.8. The third-order valence-corrected chi connectivity index (χ3v) is 5.41. The van der Waals surface area contributed by atoms with Crippen LogP contribution < -0.4 is 14.2 Å². The van der Waals surface area contributed by atoms with Gasteiger partial charge in [-0.2, -0.15) is 0 Å². The molecule has 2 atom stereocenters. The van der Waals surface area contributed by atoms with Crippen LogP contribution in [0, 0.1) is 5.92 Å². The molecule has 6 heteroatoms. The molecule has 6 nitrogen and oxygen atoms in total. The number of hydrogen-bond donors (Lipinski definition) is 1. The number of benzene rings is 2. The maximum absolute atomic E-state index is 11.7. The second-order valence-corrected chi connectivity index (χ2v) is 7.13. The lowest BCUT2D eigenvalue weighted by molar-refractivity contribution is -0.143. The second-order valence-electron chi connectivity index (χ2n) is 7.13. The van der Waals surface area contributed by atoms with Gasteiger partial charge in [-0.3, -0.25) is 9.69 Å². The molecule has 1 aliphatic rings. The Morgan fingerprint density at radius 2 is 1.83 bits per heavy atom. The van der Waals surface area contributed by atoms with Crippen molar-refractivity contribution in [3.05, 3.63) is 53.6 Å². The largest absolute Gasteiger partial charge is 0.494 e. The van der Waals surface area contributed by atoms with Crippen molar-refractivity contribution in [3.63, 3.8) is 0 Å². The molecule has 0 aliphatic carbocycles. The number of para-hydroxylation sites is 2. The summed E-state index contributed by atoms with van der Waals surface area (Å²) in [4.78, 5) is 13.9. The van der Waals surface area contributed by atoms with Crippen molar-refractivity contribution in [2.75, 3.05) is 33.9 Å². The lowest BCUT2D eigenvalue weighted by Crippen LogP contribution is -2.41. The number of aliphatic carboxylic acids is 1. The summed E-state index contributed by atoms with van der Waals surface area (Å²) in [5, 5.41) is 9.60. The molecule has 1 heterocycles. The van der Waals surface area contributed by atoms with Crippen molar-refractivity contribution < 1.29 is 24.1 Å². The molecule has 0 amide bonds. The van der Waals surface area contributed by atoms with E-state index in [0.717, 1.165) is 29.8 Å². The van der Waals surface area contributed by atoms with Gasteiger partial charge in [0.05, 0.1) is 32.8 Å². The van der Waals surface area contributed by atoms with Crippen molar-refractivity contribution in [1.29, 1.82) is 0 Å². The van der Waals surface area contributed by atoms with Gasteiger partial charge >= 0.3 is 5.97 Å². The van der Waals surface area contributed by atoms with Crippen LogP contribution in [0.4, 0.5) is 0 Å². The van der Waals surface area contributed by atoms with Gasteiger partial charge in [0.25, 0.3) is 0 Å². The van der Waals surface area contributed by atoms with Gasteiger partial charge in [-0.15, -0.1) is 0 Å². The average molecular weight is 399 g/mol. The van der Waals surface area contributed by atoms with E-state index in [1.54, 1.807) is 14.2 Å². The minimum atomic E-state index is -0.746. The number of likely N-dealkylation sites (tertiary alicyclic amines) is 1. The first kappa shape index (κ1) is 21.0. The summed E-state index contributed by atoms with van der Waals surface area (Å²) in [6.45, 7) is 3.78. The highest BCUT2D eigenvalue weighted by Crippen LogP contribution is 2.43. The molecule has 156 valence electrons. The molecule has 0 bridgehead atoms. The molecule has 3 rings (SSSR count). The SMILES string of the molecule is CCOc1ccccc1C(c1cccc(OC)c1OC)N1CCCC(C(=O)O)C1. The monoisotopic (exact) mass is 399 g/mol. The van der Waals surface area contributed by atoms with Gasteiger partial charge in [-0.05, 0) is 38.4 Å². The Kier molecular flexibility index (Phi) is 6.99. The first-order chi connectivity index (χ1) is 14.1. The lowest BCUT2D eigenvalue weighted by atomic mass is 9.90. The zero-order valence-corrected chi connectivity index (χ0v) is 17.3. The number of methoxy groups -OCH3 is 2. The minimum Gasteiger partial charge on any atom is -0.494 e. The number of carboxylic acids is 1. The van der Waals surface area contributed by atoms with Gasteiger partial charge < -0.3 is 19.3 Å². The predicted octanol–water partition coefficient (Wildman–Crippen LogP) is 3.99. The van der Waals surface area contributed by atoms with Crippen LogP contribution in [0.5, 0.6) is 17.2 Å². The van der Waals surface area contributed by atoms with Gasteiger partial charge in [0.15, 0.2) is 11.5 Å². The maximum atomic E-state index is 11.7. The van der Waals surface area contributed by atoms with Gasteiger partial charge in [-0.25, -0.2) is 0 Å². The van der Waals surface area contributed by atoms with Crippen LogP contribution in [-0.2, 0) is 4.79 Å². The van der Waals surface area contributed by atoms with Crippen LogP contribution in [0.15, 0.2) is 42.5 Å². The smallest absolute Gasteiger partial charge is 0.307 e. The normalized spacial score (nSPS) is 18.1. The molecule has 0 aromatic heterocycles. The quantitative estimate of drug-likeness (QED) is 0.724. The topological polar surface area (TPSA) is 68.2 Å². The molecule has 2 aromatic carbocycles. The number of piperidine rings is 1. The van der Waals surface area contributed by atoms with Crippen LogP contribution in [0.1, 0.15) is 36.9 Å². The van der Waals surface area contributed by atoms with E-state index < -0.39 is 5.97 Å². The van der Waals surface area contributed by atoms with Gasteiger partial charge in [0, 0.05) is 17.7 Å². The number of nitrogens with zero attached hydrogens (tertiary/aromatic N) is 1. The van der Waals surface area contributed by atoms with E-state index >= 15 is 0 Å². The molecule has 2 aromatic rings. The van der Waals surface area contributed by atoms with Crippen LogP contribution in [0.25, 0.3) is 0 Å². The Labute approximate surface area is 172 Å². The van der Waals surface area contributed by atoms with Crippen LogP contribution in [0.3, 0.4) is 0 Å². The molecule has 1 fully saturated rings. The maximum Gasteiger partial charge on any atom is 0.307 e. The van der Waals surface area contributed by atoms with Crippen molar-refractivity contribution in [2.24, 2.45) is 5.92 Å². The Hall–Kier alpha value is -2.73. The molecule has 0 spiro atoms. The molecule has 29 heavy (non-hydrogen) atoms. The van der Waals surface area contributed by atoms with Crippen molar-refractivity contribution in [2.45, 2.75) is 25.8 Å². The van der Waals surface area contributed by atoms with Gasteiger partial charge in [0.1, 0.15) is 5.75 Å². The summed E-state index contributed by atoms with van der Waals surface area (Å²) in [5.41, 5.74) is 1.93. The first-order valence-corrected chi connectivity index (χ1v) is 10.00. The predicted molar refractivity (Wildman–Crippen MR) is 111 cm³/mol. The average Bonchev–Trinajstić information content (AvgIpc) is 2.75. The Morgan fingerprint density at radius 3 is 2.52 bits per heavy atom. The number of ether oxygens (including phenoxy) is 3. The first-order valence-electron chi connectivity index (χ1n) is 10.00. The molecule has 0 saturated carbocycles. The van der Waals surface area contributed by atoms with E-state index in [4.69, 9.17) is 14.2 Å². The summed E-state index contributed by atoms with van der Waals surface area (Å²) in [6.07, 6.45) is 1.53. The molecule has 1 aliphatic heterocycles. The molecule has 1 saturated heterocycles. The van der Waals surface area contributed by atoms with E-state index in [2.05, 4.69) is 4.90 Å². The van der Waals surface area contributed by atoms with E-state index in [1.165, 1.54) is 0 Å². The van der Waals surface area contributed by atoms with Crippen molar-refractivity contribution in [3.8, 4) is 17.2 Å². The molecule has 1 N–H and O–H groups in total. The fraction of sp³-hybridized carbons (Fsp3) is 0.435. The third kappa shape index (κ3) is 4.48. The number of hydrogen-bond acceptors (Lipinski definition) is 5. The van der Waals surface area contributed by atoms with E-state index in [-0.39, 0.29) is 12.0 Å². The molecular weight excluding hydrogens is 370 g/mol. The van der Waals surface area contributed by atoms with Crippen molar-refractivity contribution >= 4 is 5.97 Å². The number of carboxylic acid groups (broad SMARTS) is 1. The summed E-state index contributed by atoms with van der Waals surface area (Å²) in [6, 6.07) is 13.5. The lowest BCUT2D eigenvalue weighted by Gasteiger charge is -2.38. The molecular formula is C23H29NO5. The zero-order valence-electron chi connectivity index (χ0n) is 17.3. The number of rotatable bonds is 8. The Bertz CT molecular complexity index is 838. The van der Waals surface area contributed by atoms with E-state index in [9.17, 15) is 9.90 Å². The molecule has 2 unspecified atom stereocenters. The fourth-order valence-electron chi connectivity index (χ4n) is 4.12.